The van der Waals surface area contributed by atoms with Crippen molar-refractivity contribution in [3.63, 3.8) is 0 Å². The lowest BCUT2D eigenvalue weighted by Gasteiger charge is -2.00. The van der Waals surface area contributed by atoms with Crippen molar-refractivity contribution in [2.75, 3.05) is 0 Å². The van der Waals surface area contributed by atoms with E-state index in [1.165, 1.54) is 5.54 Å². The molecule has 2 rings (SSSR count). The Hall–Kier alpha value is -1.19. The molecule has 0 saturated carbocycles. The third-order valence-electron chi connectivity index (χ3n) is 2.67. The fraction of sp³-hybridized carbons (Fsp3) is 0.250. The van der Waals surface area contributed by atoms with Crippen LogP contribution in [0.5, 0.6) is 0 Å². The Morgan fingerprint density at radius 3 is 2.41 bits per heavy atom. The van der Waals surface area contributed by atoms with Gasteiger partial charge in [0.15, 0.2) is 0 Å². The van der Waals surface area contributed by atoms with Crippen LogP contribution in [0, 0.1) is 0 Å². The number of halogens is 2. The molecule has 0 radical (unpaired) electrons. The molecule has 0 aliphatic rings. The lowest BCUT2D eigenvalue weighted by atomic mass is 10.3. The lowest BCUT2D eigenvalue weighted by Crippen LogP contribution is -2.23. The third-order valence-corrected chi connectivity index (χ3v) is 3.27. The summed E-state index contributed by atoms with van der Waals surface area (Å²) in [6.45, 7) is 2.88. The van der Waals surface area contributed by atoms with Crippen molar-refractivity contribution in [3.8, 4) is 0 Å². The number of nitrogens with zero attached hydrogens (tertiary/aromatic N) is 2. The van der Waals surface area contributed by atoms with Gasteiger partial charge in [0.2, 0.25) is 0 Å². The van der Waals surface area contributed by atoms with E-state index in [0.717, 1.165) is 11.0 Å². The summed E-state index contributed by atoms with van der Waals surface area (Å²) in [5, 5.41) is 0.438. The minimum atomic E-state index is -0.0645. The van der Waals surface area contributed by atoms with Gasteiger partial charge in [0.1, 0.15) is 0 Å². The molecule has 1 aromatic carbocycles. The van der Waals surface area contributed by atoms with Gasteiger partial charge >= 0.3 is 5.69 Å². The van der Waals surface area contributed by atoms with Crippen molar-refractivity contribution >= 4 is 34.2 Å². The number of hydrogen-bond donors (Lipinski definition) is 0. The molecule has 0 aliphatic carbocycles. The number of benzene rings is 1. The van der Waals surface area contributed by atoms with Gasteiger partial charge in [-0.2, -0.15) is 0 Å². The predicted molar refractivity (Wildman–Crippen MR) is 71.7 cm³/mol. The van der Waals surface area contributed by atoms with Crippen LogP contribution in [-0.4, -0.2) is 9.13 Å². The van der Waals surface area contributed by atoms with Crippen molar-refractivity contribution in [2.24, 2.45) is 0 Å². The number of aryl methyl sites for hydroxylation is 1. The molecule has 0 saturated heterocycles. The molecule has 90 valence electrons. The van der Waals surface area contributed by atoms with Gasteiger partial charge in [0, 0.05) is 17.1 Å². The van der Waals surface area contributed by atoms with Gasteiger partial charge in [0.25, 0.3) is 0 Å². The van der Waals surface area contributed by atoms with E-state index in [0.29, 0.717) is 18.1 Å². The molecule has 17 heavy (non-hydrogen) atoms. The maximum Gasteiger partial charge on any atom is 0.329 e. The lowest BCUT2D eigenvalue weighted by molar-refractivity contribution is 0.688. The first-order valence-electron chi connectivity index (χ1n) is 5.31. The highest BCUT2D eigenvalue weighted by Crippen LogP contribution is 2.15. The van der Waals surface area contributed by atoms with Crippen LogP contribution in [-0.2, 0) is 13.1 Å². The number of imidazole rings is 1. The number of para-hydroxylation sites is 2. The van der Waals surface area contributed by atoms with Crippen molar-refractivity contribution in [1.29, 1.82) is 0 Å². The summed E-state index contributed by atoms with van der Waals surface area (Å²) in [6.07, 6.45) is 0. The highest BCUT2D eigenvalue weighted by molar-refractivity contribution is 6.36. The van der Waals surface area contributed by atoms with Gasteiger partial charge in [-0.1, -0.05) is 35.3 Å². The Labute approximate surface area is 109 Å². The van der Waals surface area contributed by atoms with Crippen LogP contribution >= 0.6 is 23.2 Å². The molecule has 1 heterocycles. The Balaban J connectivity index is 2.70. The monoisotopic (exact) mass is 270 g/mol. The molecule has 0 N–H and O–H groups in total. The smallest absolute Gasteiger partial charge is 0.292 e. The molecular weight excluding hydrogens is 259 g/mol. The summed E-state index contributed by atoms with van der Waals surface area (Å²) in [4.78, 5) is 12.2. The molecule has 3 nitrogen and oxygen atoms in total. The quantitative estimate of drug-likeness (QED) is 0.842. The van der Waals surface area contributed by atoms with Gasteiger partial charge in [0.05, 0.1) is 17.6 Å². The third kappa shape index (κ3) is 2.13. The van der Waals surface area contributed by atoms with Crippen LogP contribution in [0.15, 0.2) is 39.6 Å². The van der Waals surface area contributed by atoms with Crippen LogP contribution in [0.2, 0.25) is 0 Å². The SMILES string of the molecule is CCn1c(=O)n(C/C(Cl)=C/Cl)c2ccccc21. The Morgan fingerprint density at radius 1 is 1.29 bits per heavy atom. The molecule has 0 amide bonds. The Kier molecular flexibility index (Phi) is 3.60. The van der Waals surface area contributed by atoms with Crippen LogP contribution < -0.4 is 5.69 Å². The number of allylic oxidation sites excluding steroid dienone is 1. The molecular formula is C12H12Cl2N2O. The fourth-order valence-corrected chi connectivity index (χ4v) is 2.10. The van der Waals surface area contributed by atoms with Gasteiger partial charge in [-0.05, 0) is 19.1 Å². The van der Waals surface area contributed by atoms with Crippen LogP contribution in [0.4, 0.5) is 0 Å². The second-order valence-corrected chi connectivity index (χ2v) is 4.36. The van der Waals surface area contributed by atoms with Crippen LogP contribution in [0.25, 0.3) is 11.0 Å². The van der Waals surface area contributed by atoms with Crippen molar-refractivity contribution in [3.05, 3.63) is 45.3 Å². The first-order chi connectivity index (χ1) is 8.19. The average Bonchev–Trinajstić information content (AvgIpc) is 2.62. The molecule has 0 fully saturated rings. The summed E-state index contributed by atoms with van der Waals surface area (Å²) in [7, 11) is 0. The zero-order chi connectivity index (χ0) is 12.4. The predicted octanol–water partition coefficient (Wildman–Crippen LogP) is 3.14. The van der Waals surface area contributed by atoms with Crippen LogP contribution in [0.3, 0.4) is 0 Å². The molecule has 2 aromatic rings. The van der Waals surface area contributed by atoms with E-state index >= 15 is 0 Å². The van der Waals surface area contributed by atoms with Crippen molar-refractivity contribution in [1.82, 2.24) is 9.13 Å². The van der Waals surface area contributed by atoms with E-state index < -0.39 is 0 Å². The summed E-state index contributed by atoms with van der Waals surface area (Å²) < 4.78 is 3.34. The van der Waals surface area contributed by atoms with Gasteiger partial charge < -0.3 is 0 Å². The maximum absolute atomic E-state index is 12.2. The Bertz CT molecular complexity index is 625. The molecule has 1 aromatic heterocycles. The zero-order valence-corrected chi connectivity index (χ0v) is 10.9. The minimum absolute atomic E-state index is 0.0645. The standard InChI is InChI=1S/C12H12Cl2N2O/c1-2-15-10-5-3-4-6-11(10)16(12(15)17)8-9(14)7-13/h3-7H,2,8H2,1H3/b9-7-. The van der Waals surface area contributed by atoms with Gasteiger partial charge in [-0.25, -0.2) is 4.79 Å². The number of fused-ring (bicyclic) bond motifs is 1. The minimum Gasteiger partial charge on any atom is -0.292 e. The second-order valence-electron chi connectivity index (χ2n) is 3.66. The summed E-state index contributed by atoms with van der Waals surface area (Å²) >= 11 is 11.4. The molecule has 0 atom stereocenters. The molecule has 0 spiro atoms. The van der Waals surface area contributed by atoms with E-state index in [2.05, 4.69) is 0 Å². The number of rotatable bonds is 3. The molecule has 5 heteroatoms. The topological polar surface area (TPSA) is 26.9 Å². The average molecular weight is 271 g/mol. The zero-order valence-electron chi connectivity index (χ0n) is 9.36. The normalized spacial score (nSPS) is 12.3. The van der Waals surface area contributed by atoms with Crippen LogP contribution in [0.1, 0.15) is 6.92 Å². The fourth-order valence-electron chi connectivity index (χ4n) is 1.92. The van der Waals surface area contributed by atoms with E-state index in [1.54, 1.807) is 9.13 Å². The first-order valence-corrected chi connectivity index (χ1v) is 6.13. The number of hydrogen-bond acceptors (Lipinski definition) is 1. The van der Waals surface area contributed by atoms with Crippen molar-refractivity contribution in [2.45, 2.75) is 20.0 Å². The Morgan fingerprint density at radius 2 is 1.88 bits per heavy atom. The largest absolute Gasteiger partial charge is 0.329 e. The van der Waals surface area contributed by atoms with E-state index in [-0.39, 0.29) is 5.69 Å². The highest BCUT2D eigenvalue weighted by atomic mass is 35.5. The van der Waals surface area contributed by atoms with Gasteiger partial charge in [-0.3, -0.25) is 9.13 Å². The van der Waals surface area contributed by atoms with E-state index in [4.69, 9.17) is 23.2 Å². The summed E-state index contributed by atoms with van der Waals surface area (Å²) in [5.41, 5.74) is 3.01. The first kappa shape index (κ1) is 12.3. The van der Waals surface area contributed by atoms with E-state index in [9.17, 15) is 4.79 Å². The highest BCUT2D eigenvalue weighted by Gasteiger charge is 2.11. The molecule has 0 aliphatic heterocycles. The second kappa shape index (κ2) is 4.98. The number of aromatic nitrogens is 2. The van der Waals surface area contributed by atoms with E-state index in [1.807, 2.05) is 31.2 Å². The maximum atomic E-state index is 12.2. The van der Waals surface area contributed by atoms with Crippen molar-refractivity contribution < 1.29 is 0 Å². The van der Waals surface area contributed by atoms with Gasteiger partial charge in [-0.15, -0.1) is 0 Å². The molecule has 0 bridgehead atoms. The molecule has 0 unspecified atom stereocenters. The summed E-state index contributed by atoms with van der Waals surface area (Å²) in [5.74, 6) is 0. The summed E-state index contributed by atoms with van der Waals surface area (Å²) in [6, 6.07) is 7.64.